The summed E-state index contributed by atoms with van der Waals surface area (Å²) in [5, 5.41) is 20.7. The third-order valence-corrected chi connectivity index (χ3v) is 6.90. The molecule has 2 bridgehead atoms. The topological polar surface area (TPSA) is 52.7 Å². The van der Waals surface area contributed by atoms with Gasteiger partial charge in [-0.1, -0.05) is 18.2 Å². The second-order valence-corrected chi connectivity index (χ2v) is 7.44. The van der Waals surface area contributed by atoms with Crippen LogP contribution in [0.4, 0.5) is 0 Å². The van der Waals surface area contributed by atoms with E-state index < -0.39 is 6.10 Å². The zero-order valence-corrected chi connectivity index (χ0v) is 11.8. The van der Waals surface area contributed by atoms with Crippen LogP contribution in [0.25, 0.3) is 0 Å². The Kier molecular flexibility index (Phi) is 1.51. The van der Waals surface area contributed by atoms with Crippen molar-refractivity contribution >= 4 is 0 Å². The molecule has 1 unspecified atom stereocenters. The minimum atomic E-state index is -0.584. The summed E-state index contributed by atoms with van der Waals surface area (Å²) in [5.41, 5.74) is 2.60. The van der Waals surface area contributed by atoms with Crippen LogP contribution in [0.5, 0.6) is 11.5 Å². The molecule has 1 aromatic rings. The van der Waals surface area contributed by atoms with Crippen LogP contribution >= 0.6 is 0 Å². The van der Waals surface area contributed by atoms with E-state index in [4.69, 9.17) is 4.74 Å². The van der Waals surface area contributed by atoms with Gasteiger partial charge in [-0.3, -0.25) is 4.90 Å². The highest BCUT2D eigenvalue weighted by Gasteiger charge is 2.81. The number of nitrogens with zero attached hydrogens (tertiary/aromatic N) is 1. The summed E-state index contributed by atoms with van der Waals surface area (Å²) in [4.78, 5) is 2.50. The fourth-order valence-electron chi connectivity index (χ4n) is 6.18. The van der Waals surface area contributed by atoms with Crippen LogP contribution in [-0.2, 0) is 11.8 Å². The highest BCUT2D eigenvalue weighted by Crippen LogP contribution is 2.74. The molecular weight excluding hydrogens is 266 g/mol. The van der Waals surface area contributed by atoms with Crippen molar-refractivity contribution in [2.75, 3.05) is 7.05 Å². The van der Waals surface area contributed by atoms with E-state index in [2.05, 4.69) is 24.1 Å². The summed E-state index contributed by atoms with van der Waals surface area (Å²) in [6, 6.07) is 4.35. The third kappa shape index (κ3) is 0.881. The first-order valence-electron chi connectivity index (χ1n) is 7.71. The minimum Gasteiger partial charge on any atom is -0.504 e. The zero-order chi connectivity index (χ0) is 14.1. The predicted molar refractivity (Wildman–Crippen MR) is 75.4 cm³/mol. The van der Waals surface area contributed by atoms with Crippen LogP contribution in [-0.4, -0.2) is 45.9 Å². The van der Waals surface area contributed by atoms with E-state index in [1.807, 2.05) is 6.08 Å². The van der Waals surface area contributed by atoms with Crippen molar-refractivity contribution in [2.45, 2.75) is 42.0 Å². The number of aliphatic hydroxyl groups excluding tert-OH is 1. The van der Waals surface area contributed by atoms with Crippen LogP contribution < -0.4 is 4.74 Å². The molecule has 3 aliphatic carbocycles. The van der Waals surface area contributed by atoms with Gasteiger partial charge in [-0.15, -0.1) is 0 Å². The van der Waals surface area contributed by atoms with E-state index in [9.17, 15) is 10.2 Å². The van der Waals surface area contributed by atoms with Gasteiger partial charge < -0.3 is 14.9 Å². The fourth-order valence-corrected chi connectivity index (χ4v) is 6.18. The molecule has 7 atom stereocenters. The van der Waals surface area contributed by atoms with Crippen LogP contribution in [0, 0.1) is 5.92 Å². The van der Waals surface area contributed by atoms with Crippen LogP contribution in [0.2, 0.25) is 0 Å². The lowest BCUT2D eigenvalue weighted by Gasteiger charge is -2.45. The number of likely N-dealkylation sites (N-methyl/N-ethyl adjacent to an activating group) is 1. The average molecular weight is 283 g/mol. The lowest BCUT2D eigenvalue weighted by atomic mass is 9.61. The van der Waals surface area contributed by atoms with Crippen molar-refractivity contribution in [3.63, 3.8) is 0 Å². The van der Waals surface area contributed by atoms with E-state index in [0.717, 1.165) is 12.8 Å². The van der Waals surface area contributed by atoms with Crippen molar-refractivity contribution in [1.82, 2.24) is 4.90 Å². The molecule has 0 aromatic heterocycles. The number of phenolic OH excluding ortho intramolecular Hbond substituents is 1. The van der Waals surface area contributed by atoms with E-state index in [1.54, 1.807) is 6.07 Å². The molecule has 1 saturated carbocycles. The Balaban J connectivity index is 1.72. The van der Waals surface area contributed by atoms with Crippen molar-refractivity contribution < 1.29 is 14.9 Å². The lowest BCUT2D eigenvalue weighted by Crippen LogP contribution is -2.54. The van der Waals surface area contributed by atoms with Gasteiger partial charge in [0.25, 0.3) is 0 Å². The number of hydrogen-bond donors (Lipinski definition) is 2. The van der Waals surface area contributed by atoms with Gasteiger partial charge in [0, 0.05) is 28.5 Å². The summed E-state index contributed by atoms with van der Waals surface area (Å²) in [6.07, 6.45) is 5.35. The first kappa shape index (κ1) is 11.1. The smallest absolute Gasteiger partial charge is 0.165 e. The van der Waals surface area contributed by atoms with Crippen LogP contribution in [0.3, 0.4) is 0 Å². The Hall–Kier alpha value is -1.52. The van der Waals surface area contributed by atoms with Gasteiger partial charge in [-0.2, -0.15) is 0 Å². The number of piperidine rings is 1. The number of phenols is 1. The van der Waals surface area contributed by atoms with Gasteiger partial charge >= 0.3 is 0 Å². The molecule has 1 saturated heterocycles. The van der Waals surface area contributed by atoms with Gasteiger partial charge in [-0.25, -0.2) is 0 Å². The molecule has 1 aromatic carbocycles. The number of aliphatic hydroxyl groups is 1. The molecule has 21 heavy (non-hydrogen) atoms. The monoisotopic (exact) mass is 283 g/mol. The number of hydrogen-bond acceptors (Lipinski definition) is 4. The van der Waals surface area contributed by atoms with E-state index in [0.29, 0.717) is 17.7 Å². The number of likely N-dealkylation sites (tertiary alicyclic amines) is 1. The highest BCUT2D eigenvalue weighted by molar-refractivity contribution is 5.65. The SMILES string of the molecule is CN1[C@H]2[C@@H]3C=C[C@H](O)[C@@H]4Oc5c(O)ccc6c5[C@]34C[C@]21C6. The maximum atomic E-state index is 10.4. The highest BCUT2D eigenvalue weighted by atomic mass is 16.5. The van der Waals surface area contributed by atoms with Gasteiger partial charge in [0.2, 0.25) is 0 Å². The second kappa shape index (κ2) is 2.85. The molecule has 5 aliphatic rings. The first-order valence-corrected chi connectivity index (χ1v) is 7.71. The molecule has 2 heterocycles. The van der Waals surface area contributed by atoms with Crippen molar-refractivity contribution in [3.8, 4) is 11.5 Å². The number of ether oxygens (including phenoxy) is 1. The Labute approximate surface area is 122 Å². The largest absolute Gasteiger partial charge is 0.504 e. The maximum absolute atomic E-state index is 10.4. The Morgan fingerprint density at radius 2 is 2.19 bits per heavy atom. The van der Waals surface area contributed by atoms with E-state index in [-0.39, 0.29) is 22.8 Å². The van der Waals surface area contributed by atoms with Crippen LogP contribution in [0.1, 0.15) is 17.5 Å². The van der Waals surface area contributed by atoms with Crippen LogP contribution in [0.15, 0.2) is 24.3 Å². The molecule has 108 valence electrons. The van der Waals surface area contributed by atoms with Crippen molar-refractivity contribution in [3.05, 3.63) is 35.4 Å². The maximum Gasteiger partial charge on any atom is 0.165 e. The van der Waals surface area contributed by atoms with E-state index >= 15 is 0 Å². The lowest BCUT2D eigenvalue weighted by molar-refractivity contribution is 0.00116. The predicted octanol–water partition coefficient (Wildman–Crippen LogP) is 0.951. The molecule has 2 fully saturated rings. The second-order valence-electron chi connectivity index (χ2n) is 7.44. The normalized spacial score (nSPS) is 53.1. The molecule has 0 amide bonds. The summed E-state index contributed by atoms with van der Waals surface area (Å²) >= 11 is 0. The van der Waals surface area contributed by atoms with Gasteiger partial charge in [0.15, 0.2) is 11.5 Å². The Morgan fingerprint density at radius 3 is 3.05 bits per heavy atom. The summed E-state index contributed by atoms with van der Waals surface area (Å²) in [7, 11) is 2.22. The summed E-state index contributed by atoms with van der Waals surface area (Å²) < 4.78 is 6.10. The van der Waals surface area contributed by atoms with E-state index in [1.165, 1.54) is 11.1 Å². The summed E-state index contributed by atoms with van der Waals surface area (Å²) in [6.45, 7) is 0. The number of fused-ring (bicyclic) bond motifs is 1. The van der Waals surface area contributed by atoms with Crippen molar-refractivity contribution in [1.29, 1.82) is 0 Å². The Bertz CT molecular complexity index is 744. The molecular formula is C17H17NO3. The standard InChI is InChI=1S/C17H17NO3/c1-18-14-9-3-5-11(20)15-17(9)7-16(14,18)6-8-2-4-10(19)13(21-15)12(8)17/h2-5,9,11,14-15,19-20H,6-7H2,1H3/t9-,11-,14-,15-,16+,17-,18?/m0/s1. The van der Waals surface area contributed by atoms with Gasteiger partial charge in [-0.05, 0) is 31.5 Å². The zero-order valence-electron chi connectivity index (χ0n) is 11.8. The molecule has 2 spiro atoms. The molecule has 6 rings (SSSR count). The molecule has 4 nitrogen and oxygen atoms in total. The van der Waals surface area contributed by atoms with Gasteiger partial charge in [0.05, 0.1) is 0 Å². The average Bonchev–Trinajstić information content (AvgIpc) is 2.82. The quantitative estimate of drug-likeness (QED) is 0.550. The Morgan fingerprint density at radius 1 is 1.33 bits per heavy atom. The first-order chi connectivity index (χ1) is 10.1. The molecule has 2 N–H and O–H groups in total. The fraction of sp³-hybridized carbons (Fsp3) is 0.529. The van der Waals surface area contributed by atoms with Crippen molar-refractivity contribution in [2.24, 2.45) is 5.92 Å². The minimum absolute atomic E-state index is 0.132. The summed E-state index contributed by atoms with van der Waals surface area (Å²) in [5.74, 6) is 1.23. The number of rotatable bonds is 0. The molecule has 0 radical (unpaired) electrons. The van der Waals surface area contributed by atoms with Gasteiger partial charge in [0.1, 0.15) is 12.2 Å². The molecule has 4 heteroatoms. The molecule has 2 aliphatic heterocycles. The number of aromatic hydroxyl groups is 1. The number of benzene rings is 1. The third-order valence-electron chi connectivity index (χ3n) is 6.90.